The fourth-order valence-corrected chi connectivity index (χ4v) is 4.96. The second-order valence-corrected chi connectivity index (χ2v) is 9.66. The van der Waals surface area contributed by atoms with Crippen LogP contribution in [0, 0.1) is 11.7 Å². The van der Waals surface area contributed by atoms with Crippen LogP contribution in [0.25, 0.3) is 0 Å². The summed E-state index contributed by atoms with van der Waals surface area (Å²) in [6, 6.07) is 20.4. The van der Waals surface area contributed by atoms with Gasteiger partial charge >= 0.3 is 0 Å². The zero-order valence-corrected chi connectivity index (χ0v) is 21.6. The maximum atomic E-state index is 13.5. The second kappa shape index (κ2) is 11.9. The summed E-state index contributed by atoms with van der Waals surface area (Å²) in [6.07, 6.45) is 4.68. The maximum Gasteiger partial charge on any atom is 0.244 e. The molecule has 2 atom stereocenters. The van der Waals surface area contributed by atoms with Crippen LogP contribution in [0.2, 0.25) is 0 Å². The number of halogens is 1. The van der Waals surface area contributed by atoms with E-state index < -0.39 is 6.04 Å². The number of amides is 1. The number of hydrogen-bond donors (Lipinski definition) is 0. The number of Topliss-reactive ketones (excluding diaryl/α,β-unsaturated/α-hetero) is 1. The zero-order valence-electron chi connectivity index (χ0n) is 21.6. The molecule has 0 aliphatic carbocycles. The standard InChI is InChI=1S/C30H29FN4O4/c1-38-27-4-2-3-22(16-27)15-23-17-28(35(19-23)30(37)20-34-14-13-32-33-34)29(36)18-21-5-9-25(10-6-21)39-26-11-7-24(31)8-12-26/h2-14,16,23,28H,15,17-20H2,1H3/t23-,28+/m1/s1. The molecule has 5 rings (SSSR count). The fraction of sp³-hybridized carbons (Fsp3) is 0.267. The van der Waals surface area contributed by atoms with Crippen molar-refractivity contribution in [3.05, 3.63) is 102 Å². The van der Waals surface area contributed by atoms with Gasteiger partial charge in [0.15, 0.2) is 5.78 Å². The quantitative estimate of drug-likeness (QED) is 0.302. The third-order valence-electron chi connectivity index (χ3n) is 6.86. The highest BCUT2D eigenvalue weighted by molar-refractivity contribution is 5.91. The molecule has 0 N–H and O–H groups in total. The minimum absolute atomic E-state index is 0.0118. The van der Waals surface area contributed by atoms with Gasteiger partial charge in [-0.1, -0.05) is 29.5 Å². The molecule has 0 bridgehead atoms. The Kier molecular flexibility index (Phi) is 7.96. The number of ether oxygens (including phenoxy) is 2. The number of likely N-dealkylation sites (tertiary alicyclic amines) is 1. The normalized spacial score (nSPS) is 16.7. The van der Waals surface area contributed by atoms with E-state index in [2.05, 4.69) is 10.3 Å². The van der Waals surface area contributed by atoms with Gasteiger partial charge in [0.05, 0.1) is 19.3 Å². The molecule has 2 heterocycles. The molecule has 3 aromatic carbocycles. The number of ketones is 1. The van der Waals surface area contributed by atoms with Crippen molar-refractivity contribution in [2.24, 2.45) is 5.92 Å². The SMILES string of the molecule is COc1cccc(C[C@@H]2C[C@@H](C(=O)Cc3ccc(Oc4ccc(F)cc4)cc3)N(C(=O)Cn3ccnn3)C2)c1. The summed E-state index contributed by atoms with van der Waals surface area (Å²) >= 11 is 0. The first-order valence-corrected chi connectivity index (χ1v) is 12.8. The molecular formula is C30H29FN4O4. The molecule has 4 aromatic rings. The molecule has 0 spiro atoms. The highest BCUT2D eigenvalue weighted by Gasteiger charge is 2.39. The number of methoxy groups -OCH3 is 1. The molecule has 9 heteroatoms. The van der Waals surface area contributed by atoms with Crippen LogP contribution in [-0.2, 0) is 29.0 Å². The third kappa shape index (κ3) is 6.67. The predicted octanol–water partition coefficient (Wildman–Crippen LogP) is 4.49. The van der Waals surface area contributed by atoms with Gasteiger partial charge in [-0.3, -0.25) is 9.59 Å². The van der Waals surface area contributed by atoms with Crippen molar-refractivity contribution in [1.82, 2.24) is 19.9 Å². The lowest BCUT2D eigenvalue weighted by molar-refractivity contribution is -0.138. The molecule has 1 aliphatic rings. The Labute approximate surface area is 226 Å². The molecule has 0 radical (unpaired) electrons. The van der Waals surface area contributed by atoms with Crippen molar-refractivity contribution >= 4 is 11.7 Å². The highest BCUT2D eigenvalue weighted by atomic mass is 19.1. The highest BCUT2D eigenvalue weighted by Crippen LogP contribution is 2.30. The van der Waals surface area contributed by atoms with E-state index in [0.29, 0.717) is 24.5 Å². The van der Waals surface area contributed by atoms with Gasteiger partial charge in [0, 0.05) is 19.2 Å². The minimum atomic E-state index is -0.522. The van der Waals surface area contributed by atoms with Gasteiger partial charge in [0.2, 0.25) is 5.91 Å². The van der Waals surface area contributed by atoms with E-state index in [1.807, 2.05) is 36.4 Å². The molecule has 0 unspecified atom stereocenters. The van der Waals surface area contributed by atoms with E-state index >= 15 is 0 Å². The van der Waals surface area contributed by atoms with E-state index in [9.17, 15) is 14.0 Å². The van der Waals surface area contributed by atoms with Crippen molar-refractivity contribution in [1.29, 1.82) is 0 Å². The Morgan fingerprint density at radius 2 is 1.72 bits per heavy atom. The topological polar surface area (TPSA) is 86.5 Å². The molecule has 200 valence electrons. The van der Waals surface area contributed by atoms with Crippen LogP contribution >= 0.6 is 0 Å². The van der Waals surface area contributed by atoms with Crippen LogP contribution in [-0.4, -0.2) is 51.3 Å². The molecule has 1 saturated heterocycles. The molecule has 1 amide bonds. The van der Waals surface area contributed by atoms with E-state index in [-0.39, 0.29) is 36.4 Å². The molecule has 0 saturated carbocycles. The summed E-state index contributed by atoms with van der Waals surface area (Å²) in [5.74, 6) is 1.53. The molecule has 8 nitrogen and oxygen atoms in total. The molecular weight excluding hydrogens is 499 g/mol. The van der Waals surface area contributed by atoms with Crippen molar-refractivity contribution < 1.29 is 23.5 Å². The summed E-state index contributed by atoms with van der Waals surface area (Å²) in [7, 11) is 1.63. The summed E-state index contributed by atoms with van der Waals surface area (Å²) < 4.78 is 25.7. The molecule has 1 aliphatic heterocycles. The van der Waals surface area contributed by atoms with Gasteiger partial charge in [-0.15, -0.1) is 5.10 Å². The van der Waals surface area contributed by atoms with Crippen LogP contribution in [0.5, 0.6) is 17.2 Å². The number of carbonyl (C=O) groups is 2. The lowest BCUT2D eigenvalue weighted by Crippen LogP contribution is -2.42. The maximum absolute atomic E-state index is 13.5. The van der Waals surface area contributed by atoms with Crippen LogP contribution < -0.4 is 9.47 Å². The first kappa shape index (κ1) is 26.1. The van der Waals surface area contributed by atoms with Crippen molar-refractivity contribution in [2.45, 2.75) is 31.8 Å². The monoisotopic (exact) mass is 528 g/mol. The van der Waals surface area contributed by atoms with Crippen LogP contribution in [0.4, 0.5) is 4.39 Å². The van der Waals surface area contributed by atoms with E-state index in [1.54, 1.807) is 42.5 Å². The smallest absolute Gasteiger partial charge is 0.244 e. The van der Waals surface area contributed by atoms with Gasteiger partial charge in [0.1, 0.15) is 29.6 Å². The van der Waals surface area contributed by atoms with E-state index in [0.717, 1.165) is 23.3 Å². The third-order valence-corrected chi connectivity index (χ3v) is 6.86. The molecule has 39 heavy (non-hydrogen) atoms. The fourth-order valence-electron chi connectivity index (χ4n) is 4.96. The van der Waals surface area contributed by atoms with Gasteiger partial charge in [-0.25, -0.2) is 9.07 Å². The molecule has 1 fully saturated rings. The van der Waals surface area contributed by atoms with E-state index in [4.69, 9.17) is 9.47 Å². The van der Waals surface area contributed by atoms with Gasteiger partial charge < -0.3 is 14.4 Å². The van der Waals surface area contributed by atoms with E-state index in [1.165, 1.54) is 23.0 Å². The Bertz CT molecular complexity index is 1410. The van der Waals surface area contributed by atoms with Crippen molar-refractivity contribution in [3.8, 4) is 17.2 Å². The zero-order chi connectivity index (χ0) is 27.2. The average Bonchev–Trinajstić information content (AvgIpc) is 3.61. The largest absolute Gasteiger partial charge is 0.497 e. The number of carbonyl (C=O) groups excluding carboxylic acids is 2. The Hall–Kier alpha value is -4.53. The van der Waals surface area contributed by atoms with Crippen LogP contribution in [0.1, 0.15) is 17.5 Å². The number of nitrogens with zero attached hydrogens (tertiary/aromatic N) is 4. The molecule has 1 aromatic heterocycles. The summed E-state index contributed by atoms with van der Waals surface area (Å²) in [5, 5.41) is 7.68. The van der Waals surface area contributed by atoms with Crippen LogP contribution in [0.15, 0.2) is 85.2 Å². The lowest BCUT2D eigenvalue weighted by Gasteiger charge is -2.23. The predicted molar refractivity (Wildman–Crippen MR) is 142 cm³/mol. The first-order chi connectivity index (χ1) is 19.0. The van der Waals surface area contributed by atoms with Gasteiger partial charge in [0.25, 0.3) is 0 Å². The van der Waals surface area contributed by atoms with Crippen molar-refractivity contribution in [3.63, 3.8) is 0 Å². The first-order valence-electron chi connectivity index (χ1n) is 12.8. The van der Waals surface area contributed by atoms with Gasteiger partial charge in [-0.2, -0.15) is 0 Å². The number of rotatable bonds is 10. The Morgan fingerprint density at radius 3 is 2.41 bits per heavy atom. The lowest BCUT2D eigenvalue weighted by atomic mass is 9.94. The second-order valence-electron chi connectivity index (χ2n) is 9.66. The number of hydrogen-bond acceptors (Lipinski definition) is 6. The number of benzene rings is 3. The Morgan fingerprint density at radius 1 is 0.974 bits per heavy atom. The summed E-state index contributed by atoms with van der Waals surface area (Å²) in [6.45, 7) is 0.524. The Balaban J connectivity index is 1.27. The van der Waals surface area contributed by atoms with Gasteiger partial charge in [-0.05, 0) is 78.4 Å². The average molecular weight is 529 g/mol. The summed E-state index contributed by atoms with van der Waals surface area (Å²) in [4.78, 5) is 28.5. The minimum Gasteiger partial charge on any atom is -0.497 e. The number of aromatic nitrogens is 3. The van der Waals surface area contributed by atoms with Crippen LogP contribution in [0.3, 0.4) is 0 Å². The van der Waals surface area contributed by atoms with Crippen molar-refractivity contribution in [2.75, 3.05) is 13.7 Å². The summed E-state index contributed by atoms with van der Waals surface area (Å²) in [5.41, 5.74) is 1.93.